The summed E-state index contributed by atoms with van der Waals surface area (Å²) in [5, 5.41) is 85.2. The van der Waals surface area contributed by atoms with Gasteiger partial charge in [0.05, 0.1) is 11.1 Å². The van der Waals surface area contributed by atoms with Crippen LogP contribution in [0.25, 0.3) is 22.3 Å². The first-order valence-electron chi connectivity index (χ1n) is 16.1. The predicted molar refractivity (Wildman–Crippen MR) is 189 cm³/mol. The summed E-state index contributed by atoms with van der Waals surface area (Å²) >= 11 is 0. The molecule has 0 bridgehead atoms. The Bertz CT molecular complexity index is 2340. The van der Waals surface area contributed by atoms with E-state index in [-0.39, 0.29) is 80.4 Å². The fourth-order valence-electron chi connectivity index (χ4n) is 7.00. The first kappa shape index (κ1) is 34.5. The number of rotatable bonds is 7. The molecule has 4 aromatic carbocycles. The molecular formula is C40H36O11. The van der Waals surface area contributed by atoms with Gasteiger partial charge in [0, 0.05) is 53.1 Å². The molecule has 0 amide bonds. The van der Waals surface area contributed by atoms with E-state index in [4.69, 9.17) is 4.42 Å². The summed E-state index contributed by atoms with van der Waals surface area (Å²) in [6, 6.07) is 12.2. The Kier molecular flexibility index (Phi) is 8.90. The maximum atomic E-state index is 14.6. The highest BCUT2D eigenvalue weighted by Gasteiger charge is 2.43. The Hall–Kier alpha value is -6.36. The average molecular weight is 693 g/mol. The normalized spacial score (nSPS) is 17.2. The first-order valence-corrected chi connectivity index (χ1v) is 16.1. The van der Waals surface area contributed by atoms with Gasteiger partial charge in [-0.3, -0.25) is 9.59 Å². The molecule has 5 aromatic rings. The van der Waals surface area contributed by atoms with E-state index in [0.29, 0.717) is 0 Å². The number of carbonyl (C=O) groups excluding carboxylic acids is 1. The number of hydrogen-bond acceptors (Lipinski definition) is 11. The monoisotopic (exact) mass is 692 g/mol. The zero-order valence-corrected chi connectivity index (χ0v) is 27.9. The van der Waals surface area contributed by atoms with E-state index in [2.05, 4.69) is 0 Å². The third kappa shape index (κ3) is 6.29. The fraction of sp³-hybridized carbons (Fsp3) is 0.200. The minimum Gasteiger partial charge on any atom is -0.508 e. The van der Waals surface area contributed by atoms with Gasteiger partial charge >= 0.3 is 0 Å². The molecule has 0 aliphatic heterocycles. The molecule has 3 atom stereocenters. The van der Waals surface area contributed by atoms with Crippen LogP contribution in [0, 0.1) is 5.92 Å². The molecule has 11 nitrogen and oxygen atoms in total. The van der Waals surface area contributed by atoms with Crippen molar-refractivity contribution in [1.82, 2.24) is 0 Å². The average Bonchev–Trinajstić information content (AvgIpc) is 3.03. The summed E-state index contributed by atoms with van der Waals surface area (Å²) in [7, 11) is 0. The molecule has 0 unspecified atom stereocenters. The number of hydrogen-bond donors (Lipinski definition) is 8. The van der Waals surface area contributed by atoms with E-state index in [9.17, 15) is 50.4 Å². The van der Waals surface area contributed by atoms with Crippen LogP contribution < -0.4 is 5.43 Å². The molecule has 6 rings (SSSR count). The van der Waals surface area contributed by atoms with Gasteiger partial charge in [0.15, 0.2) is 5.78 Å². The summed E-state index contributed by atoms with van der Waals surface area (Å²) < 4.78 is 6.45. The maximum Gasteiger partial charge on any atom is 0.200 e. The van der Waals surface area contributed by atoms with Crippen LogP contribution in [0.3, 0.4) is 0 Å². The van der Waals surface area contributed by atoms with Gasteiger partial charge in [0.2, 0.25) is 5.43 Å². The van der Waals surface area contributed by atoms with E-state index in [1.54, 1.807) is 19.1 Å². The van der Waals surface area contributed by atoms with E-state index in [1.807, 2.05) is 13.8 Å². The summed E-state index contributed by atoms with van der Waals surface area (Å²) in [5.41, 5.74) is 0.810. The van der Waals surface area contributed by atoms with Gasteiger partial charge in [-0.1, -0.05) is 29.4 Å². The number of fused-ring (bicyclic) bond motifs is 1. The second-order valence-electron chi connectivity index (χ2n) is 13.1. The number of benzene rings is 4. The van der Waals surface area contributed by atoms with E-state index < -0.39 is 52.0 Å². The van der Waals surface area contributed by atoms with Crippen molar-refractivity contribution < 1.29 is 50.1 Å². The highest BCUT2D eigenvalue weighted by molar-refractivity contribution is 6.02. The smallest absolute Gasteiger partial charge is 0.200 e. The molecule has 0 fully saturated rings. The van der Waals surface area contributed by atoms with Gasteiger partial charge in [-0.2, -0.15) is 0 Å². The molecule has 1 aliphatic rings. The summed E-state index contributed by atoms with van der Waals surface area (Å²) in [4.78, 5) is 29.0. The number of allylic oxidation sites excluding steroid dienone is 4. The summed E-state index contributed by atoms with van der Waals surface area (Å²) in [5.74, 6) is -6.99. The van der Waals surface area contributed by atoms with Gasteiger partial charge < -0.3 is 45.3 Å². The van der Waals surface area contributed by atoms with Crippen LogP contribution in [0.15, 0.2) is 93.2 Å². The van der Waals surface area contributed by atoms with Gasteiger partial charge in [0.25, 0.3) is 0 Å². The molecule has 0 saturated carbocycles. The SMILES string of the molecule is CC(C)=CCc1c(-c2ccc(O)cc2O)oc2c([C@@H]3C=C(C)C[C@H](c4ccc(O)cc4O)[C@H]3C(=O)c3ccc(O)cc3O)c(O)cc(O)c2c1=O. The van der Waals surface area contributed by atoms with Crippen molar-refractivity contribution in [2.45, 2.75) is 45.4 Å². The zero-order valence-electron chi connectivity index (χ0n) is 27.9. The Balaban J connectivity index is 1.70. The Morgan fingerprint density at radius 1 is 0.784 bits per heavy atom. The lowest BCUT2D eigenvalue weighted by Crippen LogP contribution is -2.32. The van der Waals surface area contributed by atoms with Crippen LogP contribution in [-0.2, 0) is 6.42 Å². The zero-order chi connectivity index (χ0) is 36.9. The van der Waals surface area contributed by atoms with Crippen molar-refractivity contribution in [3.05, 3.63) is 116 Å². The van der Waals surface area contributed by atoms with Crippen molar-refractivity contribution in [2.75, 3.05) is 0 Å². The quantitative estimate of drug-likeness (QED) is 0.0625. The van der Waals surface area contributed by atoms with Crippen LogP contribution >= 0.6 is 0 Å². The van der Waals surface area contributed by atoms with E-state index in [1.165, 1.54) is 36.4 Å². The molecule has 0 spiro atoms. The third-order valence-electron chi connectivity index (χ3n) is 9.32. The second-order valence-corrected chi connectivity index (χ2v) is 13.1. The molecule has 1 aromatic heterocycles. The molecule has 0 radical (unpaired) electrons. The van der Waals surface area contributed by atoms with Crippen LogP contribution in [0.1, 0.15) is 66.1 Å². The molecule has 262 valence electrons. The van der Waals surface area contributed by atoms with Gasteiger partial charge in [-0.05, 0) is 69.5 Å². The molecule has 11 heteroatoms. The maximum absolute atomic E-state index is 14.6. The topological polar surface area (TPSA) is 209 Å². The van der Waals surface area contributed by atoms with Gasteiger partial charge in [-0.15, -0.1) is 0 Å². The van der Waals surface area contributed by atoms with Crippen LogP contribution in [0.5, 0.6) is 46.0 Å². The summed E-state index contributed by atoms with van der Waals surface area (Å²) in [6.07, 6.45) is 3.73. The number of phenolic OH excluding ortho intramolecular Hbond substituents is 8. The summed E-state index contributed by atoms with van der Waals surface area (Å²) in [6.45, 7) is 5.44. The number of ketones is 1. The first-order chi connectivity index (χ1) is 24.2. The lowest BCUT2D eigenvalue weighted by Gasteiger charge is -2.37. The van der Waals surface area contributed by atoms with Crippen molar-refractivity contribution in [1.29, 1.82) is 0 Å². The lowest BCUT2D eigenvalue weighted by atomic mass is 9.65. The van der Waals surface area contributed by atoms with Gasteiger partial charge in [0.1, 0.15) is 62.7 Å². The highest BCUT2D eigenvalue weighted by Crippen LogP contribution is 2.53. The third-order valence-corrected chi connectivity index (χ3v) is 9.32. The minimum atomic E-state index is -1.21. The lowest BCUT2D eigenvalue weighted by molar-refractivity contribution is 0.0877. The van der Waals surface area contributed by atoms with Crippen molar-refractivity contribution >= 4 is 16.8 Å². The number of aromatic hydroxyl groups is 8. The standard InChI is InChI=1S/C40H36O11/c1-18(2)4-8-26-38(50)36-33(48)17-32(47)35(40(36)51-39(26)25-11-7-22(43)16-31(25)46)28-13-19(3)12-27(23-9-5-20(41)14-29(23)44)34(28)37(49)24-10-6-21(42)15-30(24)45/h4-7,9-11,13-17,27-28,34,41-48H,8,12H2,1-3H3/t27-,28-,34-/m1/s1. The number of phenols is 8. The molecule has 0 saturated heterocycles. The molecule has 1 aliphatic carbocycles. The predicted octanol–water partition coefficient (Wildman–Crippen LogP) is 7.33. The van der Waals surface area contributed by atoms with E-state index in [0.717, 1.165) is 35.4 Å². The second kappa shape index (κ2) is 13.2. The Morgan fingerprint density at radius 3 is 2.04 bits per heavy atom. The largest absolute Gasteiger partial charge is 0.508 e. The van der Waals surface area contributed by atoms with Crippen LogP contribution in [0.4, 0.5) is 0 Å². The van der Waals surface area contributed by atoms with E-state index >= 15 is 0 Å². The highest BCUT2D eigenvalue weighted by atomic mass is 16.3. The van der Waals surface area contributed by atoms with Crippen molar-refractivity contribution in [2.24, 2.45) is 5.92 Å². The van der Waals surface area contributed by atoms with Crippen LogP contribution in [-0.4, -0.2) is 46.6 Å². The molecule has 1 heterocycles. The van der Waals surface area contributed by atoms with Gasteiger partial charge in [-0.25, -0.2) is 0 Å². The number of carbonyl (C=O) groups is 1. The molecule has 8 N–H and O–H groups in total. The minimum absolute atomic E-state index is 0.0395. The van der Waals surface area contributed by atoms with Crippen molar-refractivity contribution in [3.63, 3.8) is 0 Å². The number of Topliss-reactive ketones (excluding diaryl/α,β-unsaturated/α-hetero) is 1. The fourth-order valence-corrected chi connectivity index (χ4v) is 7.00. The van der Waals surface area contributed by atoms with Crippen molar-refractivity contribution in [3.8, 4) is 57.3 Å². The molecule has 51 heavy (non-hydrogen) atoms. The molecular weight excluding hydrogens is 656 g/mol. The Labute approximate surface area is 291 Å². The Morgan fingerprint density at radius 2 is 1.41 bits per heavy atom. The van der Waals surface area contributed by atoms with Crippen LogP contribution in [0.2, 0.25) is 0 Å².